The Bertz CT molecular complexity index is 120. The molecule has 0 aromatic carbocycles. The number of aliphatic hydroxyl groups is 2. The molecule has 0 fully saturated rings. The SMILES string of the molecule is NC[C@@H](O)C[C@H](O)[C@@H](N)C=O. The third kappa shape index (κ3) is 4.05. The van der Waals surface area contributed by atoms with Gasteiger partial charge in [-0.05, 0) is 0 Å². The molecule has 0 aromatic heterocycles. The molecule has 11 heavy (non-hydrogen) atoms. The van der Waals surface area contributed by atoms with Crippen LogP contribution in [0, 0.1) is 0 Å². The maximum absolute atomic E-state index is 10.0. The van der Waals surface area contributed by atoms with Gasteiger partial charge in [-0.25, -0.2) is 0 Å². The number of carbonyl (C=O) groups excluding carboxylic acids is 1. The molecular weight excluding hydrogens is 148 g/mol. The number of carbonyl (C=O) groups is 1. The minimum absolute atomic E-state index is 0.0381. The zero-order chi connectivity index (χ0) is 8.85. The van der Waals surface area contributed by atoms with Crippen LogP contribution in [0.15, 0.2) is 0 Å². The van der Waals surface area contributed by atoms with Crippen molar-refractivity contribution in [2.24, 2.45) is 11.5 Å². The second-order valence-corrected chi connectivity index (χ2v) is 2.41. The van der Waals surface area contributed by atoms with Crippen molar-refractivity contribution in [2.75, 3.05) is 6.54 Å². The van der Waals surface area contributed by atoms with Gasteiger partial charge in [-0.3, -0.25) is 0 Å². The summed E-state index contributed by atoms with van der Waals surface area (Å²) in [7, 11) is 0. The number of hydrogen-bond acceptors (Lipinski definition) is 5. The van der Waals surface area contributed by atoms with E-state index in [4.69, 9.17) is 21.7 Å². The molecule has 0 saturated carbocycles. The van der Waals surface area contributed by atoms with Crippen LogP contribution in [0.2, 0.25) is 0 Å². The van der Waals surface area contributed by atoms with Gasteiger partial charge in [0.25, 0.3) is 0 Å². The van der Waals surface area contributed by atoms with E-state index in [-0.39, 0.29) is 13.0 Å². The molecule has 0 aliphatic rings. The van der Waals surface area contributed by atoms with Crippen molar-refractivity contribution in [3.8, 4) is 0 Å². The molecule has 0 aromatic rings. The Morgan fingerprint density at radius 1 is 1.45 bits per heavy atom. The summed E-state index contributed by atoms with van der Waals surface area (Å²) < 4.78 is 0. The van der Waals surface area contributed by atoms with Gasteiger partial charge in [-0.15, -0.1) is 0 Å². The first-order valence-corrected chi connectivity index (χ1v) is 3.39. The van der Waals surface area contributed by atoms with Crippen molar-refractivity contribution in [3.05, 3.63) is 0 Å². The minimum Gasteiger partial charge on any atom is -0.392 e. The molecule has 0 bridgehead atoms. The summed E-state index contributed by atoms with van der Waals surface area (Å²) in [4.78, 5) is 10.0. The number of aldehydes is 1. The normalized spacial score (nSPS) is 18.9. The molecule has 5 nitrogen and oxygen atoms in total. The fraction of sp³-hybridized carbons (Fsp3) is 0.833. The molecule has 0 radical (unpaired) electrons. The Labute approximate surface area is 65.0 Å². The van der Waals surface area contributed by atoms with E-state index < -0.39 is 18.2 Å². The fourth-order valence-corrected chi connectivity index (χ4v) is 0.623. The number of nitrogens with two attached hydrogens (primary N) is 2. The second-order valence-electron chi connectivity index (χ2n) is 2.41. The van der Waals surface area contributed by atoms with Crippen molar-refractivity contribution in [1.82, 2.24) is 0 Å². The third-order valence-electron chi connectivity index (χ3n) is 1.39. The lowest BCUT2D eigenvalue weighted by Crippen LogP contribution is -2.39. The lowest BCUT2D eigenvalue weighted by atomic mass is 10.1. The Hall–Kier alpha value is -0.490. The summed E-state index contributed by atoms with van der Waals surface area (Å²) in [5, 5.41) is 18.0. The van der Waals surface area contributed by atoms with Crippen molar-refractivity contribution in [2.45, 2.75) is 24.7 Å². The smallest absolute Gasteiger partial charge is 0.139 e. The summed E-state index contributed by atoms with van der Waals surface area (Å²) in [6.07, 6.45) is -1.33. The first-order valence-electron chi connectivity index (χ1n) is 3.39. The number of rotatable bonds is 5. The maximum Gasteiger partial charge on any atom is 0.139 e. The highest BCUT2D eigenvalue weighted by Gasteiger charge is 2.16. The summed E-state index contributed by atoms with van der Waals surface area (Å²) in [5.41, 5.74) is 10.2. The molecule has 0 aliphatic heterocycles. The van der Waals surface area contributed by atoms with E-state index in [2.05, 4.69) is 0 Å². The molecule has 5 heteroatoms. The highest BCUT2D eigenvalue weighted by atomic mass is 16.3. The first kappa shape index (κ1) is 10.5. The predicted octanol–water partition coefficient (Wildman–Crippen LogP) is -2.42. The molecule has 6 N–H and O–H groups in total. The lowest BCUT2D eigenvalue weighted by Gasteiger charge is -2.15. The number of aliphatic hydroxyl groups excluding tert-OH is 2. The Balaban J connectivity index is 3.66. The monoisotopic (exact) mass is 162 g/mol. The van der Waals surface area contributed by atoms with Crippen LogP contribution in [-0.4, -0.2) is 41.3 Å². The molecule has 66 valence electrons. The fourth-order valence-electron chi connectivity index (χ4n) is 0.623. The Morgan fingerprint density at radius 2 is 2.00 bits per heavy atom. The van der Waals surface area contributed by atoms with E-state index in [1.165, 1.54) is 0 Å². The van der Waals surface area contributed by atoms with Crippen molar-refractivity contribution >= 4 is 6.29 Å². The van der Waals surface area contributed by atoms with Crippen LogP contribution in [0.5, 0.6) is 0 Å². The van der Waals surface area contributed by atoms with Gasteiger partial charge in [0.05, 0.1) is 18.2 Å². The Morgan fingerprint density at radius 3 is 2.36 bits per heavy atom. The van der Waals surface area contributed by atoms with E-state index in [1.807, 2.05) is 0 Å². The van der Waals surface area contributed by atoms with E-state index in [1.54, 1.807) is 0 Å². The highest BCUT2D eigenvalue weighted by molar-refractivity contribution is 5.57. The number of hydrogen-bond donors (Lipinski definition) is 4. The lowest BCUT2D eigenvalue weighted by molar-refractivity contribution is -0.111. The van der Waals surface area contributed by atoms with E-state index in [9.17, 15) is 4.79 Å². The van der Waals surface area contributed by atoms with Crippen LogP contribution in [0.3, 0.4) is 0 Å². The van der Waals surface area contributed by atoms with Crippen LogP contribution >= 0.6 is 0 Å². The zero-order valence-corrected chi connectivity index (χ0v) is 6.18. The summed E-state index contributed by atoms with van der Waals surface area (Å²) in [5.74, 6) is 0. The average molecular weight is 162 g/mol. The van der Waals surface area contributed by atoms with Crippen molar-refractivity contribution in [3.63, 3.8) is 0 Å². The third-order valence-corrected chi connectivity index (χ3v) is 1.39. The van der Waals surface area contributed by atoms with Gasteiger partial charge in [-0.1, -0.05) is 0 Å². The molecule has 0 spiro atoms. The molecule has 3 atom stereocenters. The molecule has 0 saturated heterocycles. The highest BCUT2D eigenvalue weighted by Crippen LogP contribution is 1.98. The predicted molar refractivity (Wildman–Crippen MR) is 39.7 cm³/mol. The van der Waals surface area contributed by atoms with Crippen molar-refractivity contribution < 1.29 is 15.0 Å². The molecule has 0 unspecified atom stereocenters. The topological polar surface area (TPSA) is 110 Å². The van der Waals surface area contributed by atoms with Gasteiger partial charge in [0.15, 0.2) is 0 Å². The zero-order valence-electron chi connectivity index (χ0n) is 6.18. The molecule has 0 amide bonds. The van der Waals surface area contributed by atoms with Crippen LogP contribution in [0.25, 0.3) is 0 Å². The van der Waals surface area contributed by atoms with Crippen LogP contribution in [0.1, 0.15) is 6.42 Å². The minimum atomic E-state index is -1.01. The van der Waals surface area contributed by atoms with E-state index in [0.29, 0.717) is 6.29 Å². The van der Waals surface area contributed by atoms with Gasteiger partial charge in [-0.2, -0.15) is 0 Å². The molecule has 0 aliphatic carbocycles. The van der Waals surface area contributed by atoms with Crippen LogP contribution in [-0.2, 0) is 4.79 Å². The molecule has 0 rings (SSSR count). The van der Waals surface area contributed by atoms with Crippen LogP contribution in [0.4, 0.5) is 0 Å². The first-order chi connectivity index (χ1) is 5.11. The Kier molecular flexibility index (Phi) is 4.97. The van der Waals surface area contributed by atoms with Gasteiger partial charge < -0.3 is 26.5 Å². The summed E-state index contributed by atoms with van der Waals surface area (Å²) in [6, 6.07) is -0.934. The summed E-state index contributed by atoms with van der Waals surface area (Å²) in [6.45, 7) is 0.0582. The van der Waals surface area contributed by atoms with Crippen LogP contribution < -0.4 is 11.5 Å². The molecular formula is C6H14N2O3. The second kappa shape index (κ2) is 5.20. The largest absolute Gasteiger partial charge is 0.392 e. The standard InChI is InChI=1S/C6H14N2O3/c7-2-4(10)1-6(11)5(8)3-9/h3-6,10-11H,1-2,7-8H2/t4-,5-,6-/m0/s1. The van der Waals surface area contributed by atoms with Gasteiger partial charge in [0.1, 0.15) is 6.29 Å². The van der Waals surface area contributed by atoms with Crippen molar-refractivity contribution in [1.29, 1.82) is 0 Å². The average Bonchev–Trinajstić information content (AvgIpc) is 2.02. The quantitative estimate of drug-likeness (QED) is 0.336. The maximum atomic E-state index is 10.0. The van der Waals surface area contributed by atoms with E-state index in [0.717, 1.165) is 0 Å². The summed E-state index contributed by atoms with van der Waals surface area (Å²) >= 11 is 0. The molecule has 0 heterocycles. The van der Waals surface area contributed by atoms with Gasteiger partial charge >= 0.3 is 0 Å². The van der Waals surface area contributed by atoms with Gasteiger partial charge in [0.2, 0.25) is 0 Å². The van der Waals surface area contributed by atoms with E-state index >= 15 is 0 Å². The van der Waals surface area contributed by atoms with Gasteiger partial charge in [0, 0.05) is 13.0 Å².